The van der Waals surface area contributed by atoms with Crippen molar-refractivity contribution in [1.29, 1.82) is 0 Å². The van der Waals surface area contributed by atoms with E-state index in [1.807, 2.05) is 26.0 Å². The maximum absolute atomic E-state index is 12.5. The molecule has 0 spiro atoms. The van der Waals surface area contributed by atoms with E-state index in [0.717, 1.165) is 38.0 Å². The van der Waals surface area contributed by atoms with Crippen molar-refractivity contribution in [3.63, 3.8) is 0 Å². The van der Waals surface area contributed by atoms with Crippen molar-refractivity contribution in [2.75, 3.05) is 19.6 Å². The number of rotatable bonds is 6. The van der Waals surface area contributed by atoms with Gasteiger partial charge in [0.2, 0.25) is 0 Å². The van der Waals surface area contributed by atoms with Crippen LogP contribution in [0.15, 0.2) is 18.2 Å². The van der Waals surface area contributed by atoms with Gasteiger partial charge in [-0.25, -0.2) is 0 Å². The molecule has 0 radical (unpaired) electrons. The Morgan fingerprint density at radius 2 is 2.09 bits per heavy atom. The highest BCUT2D eigenvalue weighted by molar-refractivity contribution is 6.32. The molecular weight excluding hydrogens is 312 g/mol. The van der Waals surface area contributed by atoms with Gasteiger partial charge in [0.05, 0.1) is 5.02 Å². The SMILES string of the molecule is CC[C@@H](Oc1cc(C)ccc1Cl)C(=O)NC1CCN(CC)CC1. The van der Waals surface area contributed by atoms with Crippen LogP contribution in [-0.2, 0) is 4.79 Å². The predicted octanol–water partition coefficient (Wildman–Crippen LogP) is 3.41. The van der Waals surface area contributed by atoms with Crippen molar-refractivity contribution >= 4 is 17.5 Å². The smallest absolute Gasteiger partial charge is 0.261 e. The fraction of sp³-hybridized carbons (Fsp3) is 0.611. The minimum Gasteiger partial charge on any atom is -0.479 e. The Morgan fingerprint density at radius 1 is 1.39 bits per heavy atom. The Balaban J connectivity index is 1.92. The van der Waals surface area contributed by atoms with E-state index < -0.39 is 6.10 Å². The van der Waals surface area contributed by atoms with Crippen LogP contribution in [-0.4, -0.2) is 42.6 Å². The molecule has 1 aliphatic heterocycles. The third-order valence-electron chi connectivity index (χ3n) is 4.40. The minimum atomic E-state index is -0.501. The fourth-order valence-electron chi connectivity index (χ4n) is 2.86. The molecule has 4 nitrogen and oxygen atoms in total. The first kappa shape index (κ1) is 18.1. The molecule has 5 heteroatoms. The normalized spacial score (nSPS) is 17.7. The number of benzene rings is 1. The van der Waals surface area contributed by atoms with Crippen molar-refractivity contribution < 1.29 is 9.53 Å². The molecule has 1 aliphatic rings. The number of ether oxygens (including phenoxy) is 1. The molecule has 1 heterocycles. The Labute approximate surface area is 144 Å². The van der Waals surface area contributed by atoms with Crippen molar-refractivity contribution in [2.24, 2.45) is 0 Å². The van der Waals surface area contributed by atoms with E-state index in [1.54, 1.807) is 6.07 Å². The quantitative estimate of drug-likeness (QED) is 0.864. The second-order valence-electron chi connectivity index (χ2n) is 6.17. The van der Waals surface area contributed by atoms with Crippen LogP contribution < -0.4 is 10.1 Å². The third-order valence-corrected chi connectivity index (χ3v) is 4.71. The van der Waals surface area contributed by atoms with E-state index in [0.29, 0.717) is 17.2 Å². The molecule has 1 atom stereocenters. The van der Waals surface area contributed by atoms with Gasteiger partial charge in [-0.05, 0) is 50.4 Å². The number of carbonyl (C=O) groups is 1. The molecule has 23 heavy (non-hydrogen) atoms. The summed E-state index contributed by atoms with van der Waals surface area (Å²) in [5, 5.41) is 3.68. The number of likely N-dealkylation sites (tertiary alicyclic amines) is 1. The lowest BCUT2D eigenvalue weighted by Gasteiger charge is -2.32. The van der Waals surface area contributed by atoms with Crippen LogP contribution in [0.2, 0.25) is 5.02 Å². The summed E-state index contributed by atoms with van der Waals surface area (Å²) in [5.41, 5.74) is 1.06. The van der Waals surface area contributed by atoms with Gasteiger partial charge in [-0.15, -0.1) is 0 Å². The lowest BCUT2D eigenvalue weighted by Crippen LogP contribution is -2.48. The van der Waals surface area contributed by atoms with E-state index in [2.05, 4.69) is 17.1 Å². The molecule has 0 aromatic heterocycles. The maximum atomic E-state index is 12.5. The molecular formula is C18H27ClN2O2. The molecule has 0 unspecified atom stereocenters. The number of nitrogens with one attached hydrogen (secondary N) is 1. The standard InChI is InChI=1S/C18H27ClN2O2/c1-4-16(23-17-12-13(3)6-7-15(17)19)18(22)20-14-8-10-21(5-2)11-9-14/h6-7,12,14,16H,4-5,8-11H2,1-3H3,(H,20,22)/t16-/m1/s1. The summed E-state index contributed by atoms with van der Waals surface area (Å²) in [6.45, 7) is 9.27. The largest absolute Gasteiger partial charge is 0.479 e. The summed E-state index contributed by atoms with van der Waals surface area (Å²) < 4.78 is 5.87. The van der Waals surface area contributed by atoms with Gasteiger partial charge in [0.25, 0.3) is 5.91 Å². The van der Waals surface area contributed by atoms with E-state index in [1.165, 1.54) is 0 Å². The summed E-state index contributed by atoms with van der Waals surface area (Å²) in [4.78, 5) is 14.9. The van der Waals surface area contributed by atoms with Crippen LogP contribution in [0.25, 0.3) is 0 Å². The maximum Gasteiger partial charge on any atom is 0.261 e. The Bertz CT molecular complexity index is 528. The number of hydrogen-bond acceptors (Lipinski definition) is 3. The first-order chi connectivity index (χ1) is 11.0. The number of halogens is 1. The molecule has 0 bridgehead atoms. The van der Waals surface area contributed by atoms with Crippen LogP contribution in [0.5, 0.6) is 5.75 Å². The van der Waals surface area contributed by atoms with Gasteiger partial charge in [-0.1, -0.05) is 31.5 Å². The molecule has 1 saturated heterocycles. The summed E-state index contributed by atoms with van der Waals surface area (Å²) in [6, 6.07) is 5.85. The van der Waals surface area contributed by atoms with Crippen LogP contribution >= 0.6 is 11.6 Å². The third kappa shape index (κ3) is 5.11. The zero-order valence-corrected chi connectivity index (χ0v) is 15.0. The summed E-state index contributed by atoms with van der Waals surface area (Å²) >= 11 is 6.16. The van der Waals surface area contributed by atoms with Gasteiger partial charge in [0.1, 0.15) is 5.75 Å². The minimum absolute atomic E-state index is 0.0416. The first-order valence-corrected chi connectivity index (χ1v) is 8.86. The highest BCUT2D eigenvalue weighted by Gasteiger charge is 2.25. The molecule has 128 valence electrons. The molecule has 1 fully saturated rings. The lowest BCUT2D eigenvalue weighted by atomic mass is 10.0. The van der Waals surface area contributed by atoms with Crippen molar-refractivity contribution in [3.05, 3.63) is 28.8 Å². The Hall–Kier alpha value is -1.26. The van der Waals surface area contributed by atoms with Gasteiger partial charge in [-0.3, -0.25) is 4.79 Å². The molecule has 1 aromatic rings. The number of carbonyl (C=O) groups excluding carboxylic acids is 1. The van der Waals surface area contributed by atoms with Crippen LogP contribution in [0.1, 0.15) is 38.7 Å². The zero-order valence-electron chi connectivity index (χ0n) is 14.3. The number of piperidine rings is 1. The summed E-state index contributed by atoms with van der Waals surface area (Å²) in [7, 11) is 0. The van der Waals surface area contributed by atoms with Gasteiger partial charge in [0, 0.05) is 19.1 Å². The molecule has 0 aliphatic carbocycles. The number of nitrogens with zero attached hydrogens (tertiary/aromatic N) is 1. The topological polar surface area (TPSA) is 41.6 Å². The Kier molecular flexibility index (Phi) is 6.72. The van der Waals surface area contributed by atoms with Crippen molar-refractivity contribution in [3.8, 4) is 5.75 Å². The van der Waals surface area contributed by atoms with Gasteiger partial charge >= 0.3 is 0 Å². The van der Waals surface area contributed by atoms with E-state index in [9.17, 15) is 4.79 Å². The van der Waals surface area contributed by atoms with Crippen LogP contribution in [0.4, 0.5) is 0 Å². The Morgan fingerprint density at radius 3 is 2.70 bits per heavy atom. The highest BCUT2D eigenvalue weighted by atomic mass is 35.5. The average molecular weight is 339 g/mol. The molecule has 0 saturated carbocycles. The number of hydrogen-bond donors (Lipinski definition) is 1. The predicted molar refractivity (Wildman–Crippen MR) is 94.2 cm³/mol. The zero-order chi connectivity index (χ0) is 16.8. The van der Waals surface area contributed by atoms with Crippen molar-refractivity contribution in [1.82, 2.24) is 10.2 Å². The molecule has 1 amide bonds. The van der Waals surface area contributed by atoms with Crippen LogP contribution in [0, 0.1) is 6.92 Å². The fourth-order valence-corrected chi connectivity index (χ4v) is 3.03. The first-order valence-electron chi connectivity index (χ1n) is 8.49. The van der Waals surface area contributed by atoms with E-state index >= 15 is 0 Å². The van der Waals surface area contributed by atoms with Crippen molar-refractivity contribution in [2.45, 2.75) is 52.2 Å². The van der Waals surface area contributed by atoms with Crippen LogP contribution in [0.3, 0.4) is 0 Å². The van der Waals surface area contributed by atoms with E-state index in [-0.39, 0.29) is 11.9 Å². The summed E-state index contributed by atoms with van der Waals surface area (Å²) in [5.74, 6) is 0.537. The highest BCUT2D eigenvalue weighted by Crippen LogP contribution is 2.27. The second-order valence-corrected chi connectivity index (χ2v) is 6.57. The lowest BCUT2D eigenvalue weighted by molar-refractivity contribution is -0.129. The summed E-state index contributed by atoms with van der Waals surface area (Å²) in [6.07, 6.45) is 2.12. The number of aryl methyl sites for hydroxylation is 1. The van der Waals surface area contributed by atoms with Gasteiger partial charge in [-0.2, -0.15) is 0 Å². The van der Waals surface area contributed by atoms with E-state index in [4.69, 9.17) is 16.3 Å². The average Bonchev–Trinajstić information content (AvgIpc) is 2.56. The molecule has 1 N–H and O–H groups in total. The second kappa shape index (κ2) is 8.55. The number of amides is 1. The monoisotopic (exact) mass is 338 g/mol. The van der Waals surface area contributed by atoms with Gasteiger partial charge < -0.3 is 15.0 Å². The van der Waals surface area contributed by atoms with Gasteiger partial charge in [0.15, 0.2) is 6.10 Å². The molecule has 1 aromatic carbocycles. The molecule has 2 rings (SSSR count).